The van der Waals surface area contributed by atoms with Gasteiger partial charge in [0.1, 0.15) is 12.4 Å². The van der Waals surface area contributed by atoms with Gasteiger partial charge in [0.05, 0.1) is 24.8 Å². The average Bonchev–Trinajstić information content (AvgIpc) is 2.93. The molecule has 0 spiro atoms. The Kier molecular flexibility index (Phi) is 7.63. The van der Waals surface area contributed by atoms with Gasteiger partial charge in [-0.05, 0) is 31.8 Å². The first-order chi connectivity index (χ1) is 14.4. The van der Waals surface area contributed by atoms with E-state index in [1.807, 2.05) is 0 Å². The lowest BCUT2D eigenvalue weighted by atomic mass is 10.1. The van der Waals surface area contributed by atoms with Gasteiger partial charge in [-0.25, -0.2) is 4.99 Å². The van der Waals surface area contributed by atoms with Crippen LogP contribution in [-0.2, 0) is 14.3 Å². The van der Waals surface area contributed by atoms with E-state index >= 15 is 0 Å². The molecule has 3 N–H and O–H groups in total. The number of carbonyl (C=O) groups excluding carboxylic acids is 2. The van der Waals surface area contributed by atoms with Gasteiger partial charge in [-0.3, -0.25) is 9.59 Å². The highest BCUT2D eigenvalue weighted by Crippen LogP contribution is 2.41. The topological polar surface area (TPSA) is 97.0 Å². The molecule has 2 heterocycles. The standard InChI is InChI=1S/C20H26F4N4O3/c1-4-12(2)15-9-31-13(3)16(27-15)17(29)26-8-6-5-7-14(25)18(30)28-10-19(21,22)20(23,24)11-28/h4,14H,1-2,5-11,25H2,3H3,(H,26,29)/t14-/m0/s1. The maximum atomic E-state index is 13.2. The third-order valence-electron chi connectivity index (χ3n) is 5.01. The van der Waals surface area contributed by atoms with Crippen LogP contribution in [0.15, 0.2) is 41.3 Å². The third kappa shape index (κ3) is 5.72. The Morgan fingerprint density at radius 3 is 2.48 bits per heavy atom. The Bertz CT molecular complexity index is 807. The van der Waals surface area contributed by atoms with Crippen molar-refractivity contribution in [2.75, 3.05) is 26.2 Å². The van der Waals surface area contributed by atoms with Crippen LogP contribution in [0.3, 0.4) is 0 Å². The molecule has 0 saturated carbocycles. The van der Waals surface area contributed by atoms with Gasteiger partial charge in [0.2, 0.25) is 5.91 Å². The maximum Gasteiger partial charge on any atom is 0.329 e. The van der Waals surface area contributed by atoms with E-state index < -0.39 is 42.8 Å². The molecule has 0 aromatic rings. The fraction of sp³-hybridized carbons (Fsp3) is 0.550. The number of hydrogen-bond acceptors (Lipinski definition) is 5. The molecule has 7 nitrogen and oxygen atoms in total. The number of amides is 2. The molecular weight excluding hydrogens is 420 g/mol. The van der Waals surface area contributed by atoms with E-state index in [1.54, 1.807) is 6.92 Å². The van der Waals surface area contributed by atoms with Crippen LogP contribution in [0.5, 0.6) is 0 Å². The van der Waals surface area contributed by atoms with Crippen LogP contribution in [0, 0.1) is 0 Å². The van der Waals surface area contributed by atoms with Gasteiger partial charge in [0, 0.05) is 6.54 Å². The van der Waals surface area contributed by atoms with E-state index in [0.29, 0.717) is 34.8 Å². The number of unbranched alkanes of at least 4 members (excludes halogenated alkanes) is 1. The number of hydrogen-bond donors (Lipinski definition) is 2. The summed E-state index contributed by atoms with van der Waals surface area (Å²) in [6.07, 6.45) is 2.42. The first-order valence-corrected chi connectivity index (χ1v) is 9.71. The molecular formula is C20H26F4N4O3. The molecule has 2 amide bonds. The first kappa shape index (κ1) is 24.6. The summed E-state index contributed by atoms with van der Waals surface area (Å²) in [5.74, 6) is -9.55. The van der Waals surface area contributed by atoms with E-state index in [1.165, 1.54) is 6.08 Å². The highest BCUT2D eigenvalue weighted by molar-refractivity contribution is 6.07. The van der Waals surface area contributed by atoms with Gasteiger partial charge in [-0.1, -0.05) is 19.2 Å². The fourth-order valence-electron chi connectivity index (χ4n) is 3.04. The van der Waals surface area contributed by atoms with Crippen molar-refractivity contribution in [3.63, 3.8) is 0 Å². The van der Waals surface area contributed by atoms with Gasteiger partial charge in [0.15, 0.2) is 5.70 Å². The second-order valence-electron chi connectivity index (χ2n) is 7.44. The van der Waals surface area contributed by atoms with Gasteiger partial charge < -0.3 is 20.7 Å². The summed E-state index contributed by atoms with van der Waals surface area (Å²) in [6.45, 7) is 6.71. The van der Waals surface area contributed by atoms with Gasteiger partial charge >= 0.3 is 11.8 Å². The molecule has 2 aliphatic rings. The van der Waals surface area contributed by atoms with Crippen molar-refractivity contribution in [3.8, 4) is 0 Å². The zero-order chi connectivity index (χ0) is 23.4. The number of nitrogens with zero attached hydrogens (tertiary/aromatic N) is 2. The summed E-state index contributed by atoms with van der Waals surface area (Å²) in [5.41, 5.74) is 6.84. The van der Waals surface area contributed by atoms with Crippen LogP contribution in [-0.4, -0.2) is 66.6 Å². The minimum Gasteiger partial charge on any atom is -0.489 e. The van der Waals surface area contributed by atoms with E-state index in [-0.39, 0.29) is 25.3 Å². The van der Waals surface area contributed by atoms with Crippen molar-refractivity contribution in [2.24, 2.45) is 10.7 Å². The Labute approximate surface area is 177 Å². The zero-order valence-electron chi connectivity index (χ0n) is 17.2. The van der Waals surface area contributed by atoms with Crippen LogP contribution in [0.2, 0.25) is 0 Å². The van der Waals surface area contributed by atoms with Gasteiger partial charge in [-0.2, -0.15) is 17.6 Å². The van der Waals surface area contributed by atoms with Gasteiger partial charge in [-0.15, -0.1) is 0 Å². The molecule has 1 atom stereocenters. The average molecular weight is 446 g/mol. The fourth-order valence-corrected chi connectivity index (χ4v) is 3.04. The molecule has 1 saturated heterocycles. The SMILES string of the molecule is C=CC(=C)C1=NC(C(=O)NCCCC[C@H](N)C(=O)N2CC(F)(F)C(F)(F)C2)=C(C)OC1. The van der Waals surface area contributed by atoms with E-state index in [0.717, 1.165) is 0 Å². The summed E-state index contributed by atoms with van der Waals surface area (Å²) in [4.78, 5) is 29.0. The number of nitrogens with two attached hydrogens (primary N) is 1. The highest BCUT2D eigenvalue weighted by atomic mass is 19.3. The summed E-state index contributed by atoms with van der Waals surface area (Å²) in [7, 11) is 0. The normalized spacial score (nSPS) is 20.6. The van der Waals surface area contributed by atoms with Crippen LogP contribution in [0.4, 0.5) is 17.6 Å². The molecule has 2 aliphatic heterocycles. The number of likely N-dealkylation sites (tertiary alicyclic amines) is 1. The van der Waals surface area contributed by atoms with Crippen molar-refractivity contribution in [1.82, 2.24) is 10.2 Å². The highest BCUT2D eigenvalue weighted by Gasteiger charge is 2.64. The molecule has 0 aromatic carbocycles. The number of carbonyl (C=O) groups is 2. The molecule has 172 valence electrons. The number of halogens is 4. The number of aliphatic imine (C=N–C) groups is 1. The predicted octanol–water partition coefficient (Wildman–Crippen LogP) is 2.16. The summed E-state index contributed by atoms with van der Waals surface area (Å²) < 4.78 is 58.4. The molecule has 0 aromatic heterocycles. The Balaban J connectivity index is 1.76. The van der Waals surface area contributed by atoms with Crippen molar-refractivity contribution in [2.45, 2.75) is 44.1 Å². The lowest BCUT2D eigenvalue weighted by molar-refractivity contribution is -0.172. The van der Waals surface area contributed by atoms with Crippen molar-refractivity contribution in [1.29, 1.82) is 0 Å². The molecule has 0 bridgehead atoms. The lowest BCUT2D eigenvalue weighted by Crippen LogP contribution is -2.43. The van der Waals surface area contributed by atoms with Crippen molar-refractivity contribution >= 4 is 17.5 Å². The lowest BCUT2D eigenvalue weighted by Gasteiger charge is -2.20. The van der Waals surface area contributed by atoms with Crippen LogP contribution in [0.1, 0.15) is 26.2 Å². The Hall–Kier alpha value is -2.69. The predicted molar refractivity (Wildman–Crippen MR) is 107 cm³/mol. The van der Waals surface area contributed by atoms with Gasteiger partial charge in [0.25, 0.3) is 5.91 Å². The monoisotopic (exact) mass is 446 g/mol. The second kappa shape index (κ2) is 9.63. The second-order valence-corrected chi connectivity index (χ2v) is 7.44. The molecule has 2 rings (SSSR count). The van der Waals surface area contributed by atoms with E-state index in [4.69, 9.17) is 10.5 Å². The van der Waals surface area contributed by atoms with Crippen molar-refractivity contribution in [3.05, 3.63) is 36.3 Å². The Morgan fingerprint density at radius 1 is 1.29 bits per heavy atom. The van der Waals surface area contributed by atoms with Crippen LogP contribution < -0.4 is 11.1 Å². The molecule has 1 fully saturated rings. The van der Waals surface area contributed by atoms with E-state index in [9.17, 15) is 27.2 Å². The number of ether oxygens (including phenoxy) is 1. The summed E-state index contributed by atoms with van der Waals surface area (Å²) in [5, 5.41) is 2.67. The number of nitrogens with one attached hydrogen (secondary N) is 1. The molecule has 0 radical (unpaired) electrons. The summed E-state index contributed by atoms with van der Waals surface area (Å²) >= 11 is 0. The smallest absolute Gasteiger partial charge is 0.329 e. The molecule has 0 aliphatic carbocycles. The minimum atomic E-state index is -4.26. The Morgan fingerprint density at radius 2 is 1.90 bits per heavy atom. The first-order valence-electron chi connectivity index (χ1n) is 9.71. The molecule has 0 unspecified atom stereocenters. The van der Waals surface area contributed by atoms with Crippen molar-refractivity contribution < 1.29 is 31.9 Å². The number of allylic oxidation sites excluding steroid dienone is 2. The number of alkyl halides is 4. The van der Waals surface area contributed by atoms with E-state index in [2.05, 4.69) is 23.5 Å². The molecule has 31 heavy (non-hydrogen) atoms. The van der Waals surface area contributed by atoms with Crippen LogP contribution >= 0.6 is 0 Å². The minimum absolute atomic E-state index is 0.106. The number of rotatable bonds is 9. The molecule has 11 heteroatoms. The third-order valence-corrected chi connectivity index (χ3v) is 5.01. The maximum absolute atomic E-state index is 13.2. The zero-order valence-corrected chi connectivity index (χ0v) is 17.2. The van der Waals surface area contributed by atoms with Crippen LogP contribution in [0.25, 0.3) is 0 Å². The largest absolute Gasteiger partial charge is 0.489 e. The summed E-state index contributed by atoms with van der Waals surface area (Å²) in [6, 6.07) is -1.17. The quantitative estimate of drug-likeness (QED) is 0.322.